The molecule has 8 heteroatoms. The second kappa shape index (κ2) is 11.6. The van der Waals surface area contributed by atoms with E-state index in [1.165, 1.54) is 11.3 Å². The fraction of sp³-hybridized carbons (Fsp3) is 0.259. The fourth-order valence-electron chi connectivity index (χ4n) is 4.21. The van der Waals surface area contributed by atoms with Crippen LogP contribution in [0.25, 0.3) is 10.9 Å². The van der Waals surface area contributed by atoms with Crippen molar-refractivity contribution in [1.29, 1.82) is 0 Å². The van der Waals surface area contributed by atoms with Crippen molar-refractivity contribution >= 4 is 34.1 Å². The third-order valence-electron chi connectivity index (χ3n) is 5.96. The van der Waals surface area contributed by atoms with Gasteiger partial charge in [0.05, 0.1) is 14.2 Å². The van der Waals surface area contributed by atoms with Crippen LogP contribution in [0.5, 0.6) is 11.5 Å². The molecule has 182 valence electrons. The first-order chi connectivity index (χ1) is 17.1. The maximum Gasteiger partial charge on any atom is 0.252 e. The summed E-state index contributed by atoms with van der Waals surface area (Å²) in [7, 11) is 3.23. The highest BCUT2D eigenvalue weighted by molar-refractivity contribution is 7.08. The van der Waals surface area contributed by atoms with Crippen LogP contribution in [0, 0.1) is 0 Å². The van der Waals surface area contributed by atoms with Crippen molar-refractivity contribution in [2.45, 2.75) is 18.8 Å². The number of benzene rings is 2. The summed E-state index contributed by atoms with van der Waals surface area (Å²) < 4.78 is 11.2. The summed E-state index contributed by atoms with van der Waals surface area (Å²) in [6.45, 7) is 0.836. The molecule has 0 spiro atoms. The number of hydrogen-bond donors (Lipinski definition) is 3. The molecule has 2 heterocycles. The number of aromatic nitrogens is 1. The molecule has 0 fully saturated rings. The van der Waals surface area contributed by atoms with Gasteiger partial charge < -0.3 is 25.1 Å². The lowest BCUT2D eigenvalue weighted by Gasteiger charge is -2.22. The summed E-state index contributed by atoms with van der Waals surface area (Å²) in [4.78, 5) is 28.1. The summed E-state index contributed by atoms with van der Waals surface area (Å²) >= 11 is 1.48. The smallest absolute Gasteiger partial charge is 0.252 e. The third kappa shape index (κ3) is 5.66. The Labute approximate surface area is 208 Å². The lowest BCUT2D eigenvalue weighted by atomic mass is 9.89. The number of para-hydroxylation sites is 2. The van der Waals surface area contributed by atoms with Crippen LogP contribution < -0.4 is 20.1 Å². The van der Waals surface area contributed by atoms with Crippen LogP contribution in [0.3, 0.4) is 0 Å². The van der Waals surface area contributed by atoms with Crippen molar-refractivity contribution in [3.8, 4) is 11.5 Å². The number of nitrogens with one attached hydrogen (secondary N) is 3. The molecule has 1 unspecified atom stereocenters. The highest BCUT2D eigenvalue weighted by Gasteiger charge is 2.24. The molecule has 2 aromatic heterocycles. The molecule has 0 saturated heterocycles. The van der Waals surface area contributed by atoms with Crippen molar-refractivity contribution in [2.75, 3.05) is 27.3 Å². The molecule has 7 nitrogen and oxygen atoms in total. The zero-order valence-corrected chi connectivity index (χ0v) is 20.6. The lowest BCUT2D eigenvalue weighted by Crippen LogP contribution is -2.30. The molecule has 1 atom stereocenters. The lowest BCUT2D eigenvalue weighted by molar-refractivity contribution is -0.121. The molecular weight excluding hydrogens is 462 g/mol. The van der Waals surface area contributed by atoms with Gasteiger partial charge in [0.2, 0.25) is 5.91 Å². The Balaban J connectivity index is 1.46. The highest BCUT2D eigenvalue weighted by atomic mass is 32.1. The minimum Gasteiger partial charge on any atom is -0.493 e. The van der Waals surface area contributed by atoms with Crippen LogP contribution in [0.15, 0.2) is 65.5 Å². The number of aromatic amines is 1. The topological polar surface area (TPSA) is 92.5 Å². The van der Waals surface area contributed by atoms with E-state index in [-0.39, 0.29) is 17.7 Å². The van der Waals surface area contributed by atoms with Gasteiger partial charge in [0, 0.05) is 59.0 Å². The number of carbonyl (C=O) groups is 2. The molecule has 4 aromatic rings. The van der Waals surface area contributed by atoms with E-state index in [9.17, 15) is 9.59 Å². The first-order valence-electron chi connectivity index (χ1n) is 11.5. The predicted molar refractivity (Wildman–Crippen MR) is 139 cm³/mol. The van der Waals surface area contributed by atoms with Crippen molar-refractivity contribution in [3.63, 3.8) is 0 Å². The normalized spacial score (nSPS) is 11.7. The predicted octanol–water partition coefficient (Wildman–Crippen LogP) is 4.70. The summed E-state index contributed by atoms with van der Waals surface area (Å²) in [5.74, 6) is 0.953. The van der Waals surface area contributed by atoms with Crippen molar-refractivity contribution in [1.82, 2.24) is 15.6 Å². The summed E-state index contributed by atoms with van der Waals surface area (Å²) in [5, 5.41) is 10.7. The fourth-order valence-corrected chi connectivity index (χ4v) is 4.84. The van der Waals surface area contributed by atoms with Gasteiger partial charge in [-0.05, 0) is 35.6 Å². The molecule has 4 rings (SSSR count). The second-order valence-electron chi connectivity index (χ2n) is 8.10. The quantitative estimate of drug-likeness (QED) is 0.265. The Morgan fingerprint density at radius 1 is 1.00 bits per heavy atom. The van der Waals surface area contributed by atoms with Crippen molar-refractivity contribution in [2.24, 2.45) is 0 Å². The largest absolute Gasteiger partial charge is 0.493 e. The number of fused-ring (bicyclic) bond motifs is 1. The number of thiophene rings is 1. The molecule has 2 amide bonds. The van der Waals surface area contributed by atoms with Crippen LogP contribution in [0.1, 0.15) is 40.2 Å². The molecule has 0 aliphatic carbocycles. The van der Waals surface area contributed by atoms with E-state index >= 15 is 0 Å². The standard InChI is InChI=1S/C27H29N3O4S/c1-33-24-10-5-8-20(26(24)34-2)22(21-15-29-23-9-4-3-7-19(21)23)16-30-25(31)11-6-13-28-27(32)18-12-14-35-17-18/h3-5,7-10,12,14-15,17,22,29H,6,11,13,16H2,1-2H3,(H,28,32)(H,30,31). The first kappa shape index (κ1) is 24.3. The second-order valence-corrected chi connectivity index (χ2v) is 8.88. The number of carbonyl (C=O) groups excluding carboxylic acids is 2. The van der Waals surface area contributed by atoms with Gasteiger partial charge in [0.25, 0.3) is 5.91 Å². The third-order valence-corrected chi connectivity index (χ3v) is 6.64. The van der Waals surface area contributed by atoms with Crippen LogP contribution >= 0.6 is 11.3 Å². The van der Waals surface area contributed by atoms with Gasteiger partial charge in [-0.1, -0.05) is 30.3 Å². The number of hydrogen-bond acceptors (Lipinski definition) is 5. The average molecular weight is 492 g/mol. The van der Waals surface area contributed by atoms with Gasteiger partial charge >= 0.3 is 0 Å². The molecule has 0 bridgehead atoms. The summed E-state index contributed by atoms with van der Waals surface area (Å²) in [5.41, 5.74) is 3.67. The minimum atomic E-state index is -0.154. The molecule has 0 aliphatic rings. The maximum atomic E-state index is 12.7. The van der Waals surface area contributed by atoms with Crippen molar-refractivity contribution < 1.29 is 19.1 Å². The van der Waals surface area contributed by atoms with Gasteiger partial charge in [-0.3, -0.25) is 9.59 Å². The zero-order chi connectivity index (χ0) is 24.6. The molecule has 3 N–H and O–H groups in total. The summed E-state index contributed by atoms with van der Waals surface area (Å²) in [6, 6.07) is 15.7. The Hall–Kier alpha value is -3.78. The number of rotatable bonds is 11. The molecule has 0 saturated carbocycles. The van der Waals surface area contributed by atoms with Crippen LogP contribution in [0.2, 0.25) is 0 Å². The van der Waals surface area contributed by atoms with Crippen LogP contribution in [0.4, 0.5) is 0 Å². The van der Waals surface area contributed by atoms with E-state index in [2.05, 4.69) is 21.7 Å². The molecule has 0 radical (unpaired) electrons. The van der Waals surface area contributed by atoms with Gasteiger partial charge in [-0.2, -0.15) is 11.3 Å². The van der Waals surface area contributed by atoms with E-state index in [1.54, 1.807) is 25.7 Å². The number of ether oxygens (including phenoxy) is 2. The number of H-pyrrole nitrogens is 1. The van der Waals surface area contributed by atoms with Crippen molar-refractivity contribution in [3.05, 3.63) is 82.2 Å². The SMILES string of the molecule is COc1cccc(C(CNC(=O)CCCNC(=O)c2ccsc2)c2c[nH]c3ccccc23)c1OC. The van der Waals surface area contributed by atoms with Gasteiger partial charge in [-0.15, -0.1) is 0 Å². The molecule has 0 aliphatic heterocycles. The van der Waals surface area contributed by atoms with Crippen LogP contribution in [-0.4, -0.2) is 44.1 Å². The van der Waals surface area contributed by atoms with E-state index in [1.807, 2.05) is 48.0 Å². The Morgan fingerprint density at radius 3 is 2.63 bits per heavy atom. The van der Waals surface area contributed by atoms with Gasteiger partial charge in [0.15, 0.2) is 11.5 Å². The number of amides is 2. The van der Waals surface area contributed by atoms with E-state index < -0.39 is 0 Å². The highest BCUT2D eigenvalue weighted by Crippen LogP contribution is 2.40. The van der Waals surface area contributed by atoms with Crippen LogP contribution in [-0.2, 0) is 4.79 Å². The minimum absolute atomic E-state index is 0.0681. The summed E-state index contributed by atoms with van der Waals surface area (Å²) in [6.07, 6.45) is 2.86. The van der Waals surface area contributed by atoms with Gasteiger partial charge in [0.1, 0.15) is 0 Å². The zero-order valence-electron chi connectivity index (χ0n) is 19.8. The van der Waals surface area contributed by atoms with E-state index in [0.717, 1.165) is 22.0 Å². The molecular formula is C27H29N3O4S. The monoisotopic (exact) mass is 491 g/mol. The van der Waals surface area contributed by atoms with E-state index in [4.69, 9.17) is 9.47 Å². The molecule has 35 heavy (non-hydrogen) atoms. The Kier molecular flexibility index (Phi) is 8.05. The number of methoxy groups -OCH3 is 2. The average Bonchev–Trinajstić information content (AvgIpc) is 3.57. The Bertz CT molecular complexity index is 1280. The Morgan fingerprint density at radius 2 is 1.86 bits per heavy atom. The van der Waals surface area contributed by atoms with E-state index in [0.29, 0.717) is 43.0 Å². The maximum absolute atomic E-state index is 12.7. The molecule has 2 aromatic carbocycles. The first-order valence-corrected chi connectivity index (χ1v) is 12.4. The van der Waals surface area contributed by atoms with Gasteiger partial charge in [-0.25, -0.2) is 0 Å².